The molecule has 0 fully saturated rings. The Morgan fingerprint density at radius 2 is 1.57 bits per heavy atom. The Hall–Kier alpha value is -2.43. The van der Waals surface area contributed by atoms with Gasteiger partial charge in [-0.1, -0.05) is 36.4 Å². The molecule has 3 nitrogen and oxygen atoms in total. The smallest absolute Gasteiger partial charge is 0.387 e. The number of alkyl halides is 2. The van der Waals surface area contributed by atoms with Crippen LogP contribution in [0.2, 0.25) is 0 Å². The first-order valence-corrected chi connectivity index (χ1v) is 7.35. The molecule has 5 heteroatoms. The second kappa shape index (κ2) is 7.72. The predicted octanol–water partition coefficient (Wildman–Crippen LogP) is 4.02. The van der Waals surface area contributed by atoms with Crippen LogP contribution in [0.3, 0.4) is 0 Å². The van der Waals surface area contributed by atoms with Gasteiger partial charge in [0.25, 0.3) is 0 Å². The van der Waals surface area contributed by atoms with Gasteiger partial charge >= 0.3 is 6.61 Å². The molecule has 2 aromatic rings. The number of ether oxygens (including phenoxy) is 1. The van der Waals surface area contributed by atoms with Crippen molar-refractivity contribution in [1.29, 1.82) is 0 Å². The average Bonchev–Trinajstić information content (AvgIpc) is 2.47. The molecule has 2 aromatic carbocycles. The Bertz CT molecular complexity index is 639. The summed E-state index contributed by atoms with van der Waals surface area (Å²) in [6, 6.07) is 14.5. The minimum atomic E-state index is -2.81. The van der Waals surface area contributed by atoms with Crippen molar-refractivity contribution in [3.63, 3.8) is 0 Å². The van der Waals surface area contributed by atoms with Crippen LogP contribution >= 0.6 is 0 Å². The molecule has 0 saturated carbocycles. The third-order valence-corrected chi connectivity index (χ3v) is 3.36. The number of nitrogens with one attached hydrogen (secondary N) is 1. The fourth-order valence-corrected chi connectivity index (χ4v) is 2.41. The SMILES string of the molecule is CC(=O)NC(C)Cc1ccc(-c2ccc(OC(F)F)cc2)cc1. The second-order valence-electron chi connectivity index (χ2n) is 5.41. The largest absolute Gasteiger partial charge is 0.435 e. The van der Waals surface area contributed by atoms with Crippen LogP contribution in [-0.4, -0.2) is 18.6 Å². The van der Waals surface area contributed by atoms with Gasteiger partial charge in [0.05, 0.1) is 0 Å². The Kier molecular flexibility index (Phi) is 5.68. The van der Waals surface area contributed by atoms with Gasteiger partial charge in [0, 0.05) is 13.0 Å². The average molecular weight is 319 g/mol. The molecule has 0 radical (unpaired) electrons. The van der Waals surface area contributed by atoms with Crippen LogP contribution in [0.25, 0.3) is 11.1 Å². The lowest BCUT2D eigenvalue weighted by Crippen LogP contribution is -2.31. The van der Waals surface area contributed by atoms with E-state index in [1.807, 2.05) is 31.2 Å². The highest BCUT2D eigenvalue weighted by Crippen LogP contribution is 2.24. The molecule has 1 atom stereocenters. The van der Waals surface area contributed by atoms with Gasteiger partial charge in [-0.25, -0.2) is 0 Å². The van der Waals surface area contributed by atoms with E-state index in [0.717, 1.165) is 23.1 Å². The molecule has 0 aliphatic rings. The van der Waals surface area contributed by atoms with Crippen molar-refractivity contribution in [1.82, 2.24) is 5.32 Å². The van der Waals surface area contributed by atoms with Crippen molar-refractivity contribution in [3.05, 3.63) is 54.1 Å². The summed E-state index contributed by atoms with van der Waals surface area (Å²) in [5.41, 5.74) is 3.03. The highest BCUT2D eigenvalue weighted by molar-refractivity contribution is 5.73. The number of hydrogen-bond donors (Lipinski definition) is 1. The van der Waals surface area contributed by atoms with Crippen LogP contribution in [0.4, 0.5) is 8.78 Å². The Morgan fingerprint density at radius 3 is 2.04 bits per heavy atom. The van der Waals surface area contributed by atoms with Crippen LogP contribution in [0.5, 0.6) is 5.75 Å². The number of halogens is 2. The van der Waals surface area contributed by atoms with Crippen LogP contribution in [0.1, 0.15) is 19.4 Å². The Morgan fingerprint density at radius 1 is 1.04 bits per heavy atom. The molecule has 0 aromatic heterocycles. The molecule has 0 aliphatic carbocycles. The van der Waals surface area contributed by atoms with Gasteiger partial charge in [-0.2, -0.15) is 8.78 Å². The molecule has 2 rings (SSSR count). The van der Waals surface area contributed by atoms with Gasteiger partial charge in [-0.15, -0.1) is 0 Å². The van der Waals surface area contributed by atoms with Crippen LogP contribution in [0.15, 0.2) is 48.5 Å². The molecule has 0 saturated heterocycles. The van der Waals surface area contributed by atoms with E-state index in [4.69, 9.17) is 0 Å². The molecule has 1 amide bonds. The summed E-state index contributed by atoms with van der Waals surface area (Å²) in [6.45, 7) is 0.642. The van der Waals surface area contributed by atoms with Crippen molar-refractivity contribution >= 4 is 5.91 Å². The van der Waals surface area contributed by atoms with E-state index in [2.05, 4.69) is 10.1 Å². The highest BCUT2D eigenvalue weighted by Gasteiger charge is 2.06. The third-order valence-electron chi connectivity index (χ3n) is 3.36. The van der Waals surface area contributed by atoms with Gasteiger partial charge in [0.2, 0.25) is 5.91 Å². The van der Waals surface area contributed by atoms with Crippen molar-refractivity contribution in [2.24, 2.45) is 0 Å². The lowest BCUT2D eigenvalue weighted by molar-refractivity contribution is -0.119. The van der Waals surface area contributed by atoms with Crippen molar-refractivity contribution in [2.75, 3.05) is 0 Å². The first-order chi connectivity index (χ1) is 10.9. The lowest BCUT2D eigenvalue weighted by atomic mass is 10.0. The summed E-state index contributed by atoms with van der Waals surface area (Å²) >= 11 is 0. The minimum Gasteiger partial charge on any atom is -0.435 e. The topological polar surface area (TPSA) is 38.3 Å². The number of rotatable bonds is 6. The van der Waals surface area contributed by atoms with Gasteiger partial charge in [-0.3, -0.25) is 4.79 Å². The zero-order valence-corrected chi connectivity index (χ0v) is 13.1. The summed E-state index contributed by atoms with van der Waals surface area (Å²) in [6.07, 6.45) is 0.751. The maximum Gasteiger partial charge on any atom is 0.387 e. The van der Waals surface area contributed by atoms with Gasteiger partial charge in [-0.05, 0) is 42.2 Å². The highest BCUT2D eigenvalue weighted by atomic mass is 19.3. The number of benzene rings is 2. The third kappa shape index (κ3) is 5.36. The summed E-state index contributed by atoms with van der Waals surface area (Å²) in [7, 11) is 0. The summed E-state index contributed by atoms with van der Waals surface area (Å²) in [5.74, 6) is 0.102. The van der Waals surface area contributed by atoms with E-state index in [-0.39, 0.29) is 17.7 Å². The molecule has 0 aliphatic heterocycles. The number of carbonyl (C=O) groups is 1. The minimum absolute atomic E-state index is 0.0415. The fraction of sp³-hybridized carbons (Fsp3) is 0.278. The number of amides is 1. The summed E-state index contributed by atoms with van der Waals surface area (Å²) in [5, 5.41) is 2.85. The molecule has 1 N–H and O–H groups in total. The quantitative estimate of drug-likeness (QED) is 0.873. The van der Waals surface area contributed by atoms with E-state index in [9.17, 15) is 13.6 Å². The molecule has 122 valence electrons. The van der Waals surface area contributed by atoms with Crippen LogP contribution in [0, 0.1) is 0 Å². The summed E-state index contributed by atoms with van der Waals surface area (Å²) < 4.78 is 28.6. The zero-order valence-electron chi connectivity index (χ0n) is 13.1. The lowest BCUT2D eigenvalue weighted by Gasteiger charge is -2.13. The summed E-state index contributed by atoms with van der Waals surface area (Å²) in [4.78, 5) is 11.0. The van der Waals surface area contributed by atoms with Crippen molar-refractivity contribution in [2.45, 2.75) is 32.9 Å². The molecule has 0 spiro atoms. The fourth-order valence-electron chi connectivity index (χ4n) is 2.41. The van der Waals surface area contributed by atoms with E-state index in [1.165, 1.54) is 19.1 Å². The molecule has 0 heterocycles. The van der Waals surface area contributed by atoms with Gasteiger partial charge < -0.3 is 10.1 Å². The molecule has 1 unspecified atom stereocenters. The number of carbonyl (C=O) groups excluding carboxylic acids is 1. The van der Waals surface area contributed by atoms with Gasteiger partial charge in [0.1, 0.15) is 5.75 Å². The van der Waals surface area contributed by atoms with E-state index >= 15 is 0 Å². The molecular formula is C18H19F2NO2. The maximum absolute atomic E-state index is 12.1. The zero-order chi connectivity index (χ0) is 16.8. The first-order valence-electron chi connectivity index (χ1n) is 7.35. The standard InChI is InChI=1S/C18H19F2NO2/c1-12(21-13(2)22)11-14-3-5-15(6-4-14)16-7-9-17(10-8-16)23-18(19)20/h3-10,12,18H,11H2,1-2H3,(H,21,22). The van der Waals surface area contributed by atoms with E-state index in [1.54, 1.807) is 12.1 Å². The first kappa shape index (κ1) is 16.9. The van der Waals surface area contributed by atoms with Crippen LogP contribution < -0.4 is 10.1 Å². The van der Waals surface area contributed by atoms with Crippen molar-refractivity contribution < 1.29 is 18.3 Å². The Balaban J connectivity index is 2.03. The predicted molar refractivity (Wildman–Crippen MR) is 85.5 cm³/mol. The van der Waals surface area contributed by atoms with E-state index < -0.39 is 6.61 Å². The van der Waals surface area contributed by atoms with Gasteiger partial charge in [0.15, 0.2) is 0 Å². The Labute approximate surface area is 134 Å². The maximum atomic E-state index is 12.1. The monoisotopic (exact) mass is 319 g/mol. The normalized spacial score (nSPS) is 12.0. The molecule has 23 heavy (non-hydrogen) atoms. The second-order valence-corrected chi connectivity index (χ2v) is 5.41. The molecule has 0 bridgehead atoms. The molecular weight excluding hydrogens is 300 g/mol. The number of hydrogen-bond acceptors (Lipinski definition) is 2. The van der Waals surface area contributed by atoms with Crippen molar-refractivity contribution in [3.8, 4) is 16.9 Å². The van der Waals surface area contributed by atoms with E-state index in [0.29, 0.717) is 0 Å². The van der Waals surface area contributed by atoms with Crippen LogP contribution in [-0.2, 0) is 11.2 Å².